The zero-order valence-electron chi connectivity index (χ0n) is 31.0. The number of allylic oxidation sites excluding steroid dienone is 2. The summed E-state index contributed by atoms with van der Waals surface area (Å²) < 4.78 is 23.6. The van der Waals surface area contributed by atoms with Gasteiger partial charge < -0.3 is 34.3 Å². The second-order valence-corrected chi connectivity index (χ2v) is 18.7. The molecule has 1 heterocycles. The molecule has 3 N–H and O–H groups in total. The molecule has 4 saturated carbocycles. The Hall–Kier alpha value is -2.01. The SMILES string of the molecule is CC(=O)OC1COC(OC2C(OC(C)=O)CC3(C)C(CCC4(C)C3CC=C3C5CC(C)(C)CCC5(C(=O)O)CCC34C)C2(C)C)C(O)C1O. The molecular weight excluding hydrogens is 628 g/mol. The van der Waals surface area contributed by atoms with Crippen molar-refractivity contribution in [3.05, 3.63) is 11.6 Å². The molecule has 0 aromatic carbocycles. The van der Waals surface area contributed by atoms with Crippen LogP contribution in [0, 0.1) is 50.2 Å². The number of carboxylic acid groups (broad SMARTS) is 1. The van der Waals surface area contributed by atoms with Crippen molar-refractivity contribution in [2.45, 2.75) is 157 Å². The fraction of sp³-hybridized carbons (Fsp3) is 0.872. The van der Waals surface area contributed by atoms with E-state index in [0.717, 1.165) is 44.9 Å². The van der Waals surface area contributed by atoms with Crippen molar-refractivity contribution >= 4 is 17.9 Å². The quantitative estimate of drug-likeness (QED) is 0.184. The van der Waals surface area contributed by atoms with Crippen LogP contribution in [-0.2, 0) is 33.3 Å². The third kappa shape index (κ3) is 5.52. The molecule has 10 heteroatoms. The molecule has 13 unspecified atom stereocenters. The molecule has 0 amide bonds. The highest BCUT2D eigenvalue weighted by molar-refractivity contribution is 5.76. The Bertz CT molecular complexity index is 1390. The van der Waals surface area contributed by atoms with E-state index >= 15 is 0 Å². The molecule has 276 valence electrons. The van der Waals surface area contributed by atoms with Crippen molar-refractivity contribution in [1.82, 2.24) is 0 Å². The van der Waals surface area contributed by atoms with Gasteiger partial charge in [-0.25, -0.2) is 0 Å². The van der Waals surface area contributed by atoms with Crippen LogP contribution in [0.25, 0.3) is 0 Å². The van der Waals surface area contributed by atoms with E-state index in [1.54, 1.807) is 0 Å². The van der Waals surface area contributed by atoms with Crippen LogP contribution in [0.1, 0.15) is 120 Å². The van der Waals surface area contributed by atoms with Crippen molar-refractivity contribution < 1.29 is 48.7 Å². The molecule has 5 aliphatic carbocycles. The highest BCUT2D eigenvalue weighted by Gasteiger charge is 2.71. The number of carbonyl (C=O) groups excluding carboxylic acids is 2. The van der Waals surface area contributed by atoms with Gasteiger partial charge in [0.25, 0.3) is 0 Å². The van der Waals surface area contributed by atoms with Crippen LogP contribution in [0.3, 0.4) is 0 Å². The summed E-state index contributed by atoms with van der Waals surface area (Å²) in [6.07, 6.45) is 3.56. The van der Waals surface area contributed by atoms with Crippen molar-refractivity contribution in [3.63, 3.8) is 0 Å². The first-order valence-corrected chi connectivity index (χ1v) is 18.5. The standard InChI is InChI=1S/C39H60O10/c1-21(40)47-25-19-36(7)27(35(5,6)31(25)49-32-30(43)29(42)26(20-46-32)48-22(2)41)12-13-38(9)28(36)11-10-23-24-18-34(3,4)14-16-39(24,33(44)45)17-15-37(23,38)8/h10,24-32,42-43H,11-20H2,1-9H3,(H,44,45). The highest BCUT2D eigenvalue weighted by atomic mass is 16.7. The molecule has 0 radical (unpaired) electrons. The van der Waals surface area contributed by atoms with Gasteiger partial charge in [-0.2, -0.15) is 0 Å². The molecule has 1 saturated heterocycles. The summed E-state index contributed by atoms with van der Waals surface area (Å²) in [5, 5.41) is 32.5. The lowest BCUT2D eigenvalue weighted by Crippen LogP contribution is -2.68. The predicted octanol–water partition coefficient (Wildman–Crippen LogP) is 5.81. The third-order valence-corrected chi connectivity index (χ3v) is 15.3. The molecule has 6 aliphatic rings. The Morgan fingerprint density at radius 2 is 1.45 bits per heavy atom. The molecular formula is C39H60O10. The monoisotopic (exact) mass is 688 g/mol. The highest BCUT2D eigenvalue weighted by Crippen LogP contribution is 2.76. The van der Waals surface area contributed by atoms with Crippen molar-refractivity contribution in [3.8, 4) is 0 Å². The Labute approximate surface area is 291 Å². The van der Waals surface area contributed by atoms with E-state index in [0.29, 0.717) is 12.8 Å². The van der Waals surface area contributed by atoms with Crippen LogP contribution in [0.5, 0.6) is 0 Å². The number of aliphatic hydroxyl groups excluding tert-OH is 2. The van der Waals surface area contributed by atoms with E-state index in [2.05, 4.69) is 54.5 Å². The lowest BCUT2D eigenvalue weighted by molar-refractivity contribution is -0.324. The summed E-state index contributed by atoms with van der Waals surface area (Å²) in [7, 11) is 0. The van der Waals surface area contributed by atoms with Gasteiger partial charge >= 0.3 is 17.9 Å². The minimum Gasteiger partial charge on any atom is -0.481 e. The van der Waals surface area contributed by atoms with Gasteiger partial charge in [0.1, 0.15) is 24.4 Å². The van der Waals surface area contributed by atoms with Crippen molar-refractivity contribution in [2.24, 2.45) is 50.2 Å². The molecule has 10 nitrogen and oxygen atoms in total. The Morgan fingerprint density at radius 3 is 2.08 bits per heavy atom. The summed E-state index contributed by atoms with van der Waals surface area (Å²) in [5.41, 5.74) is -0.213. The number of hydrogen-bond donors (Lipinski definition) is 3. The maximum absolute atomic E-state index is 13.0. The normalized spacial score (nSPS) is 48.4. The smallest absolute Gasteiger partial charge is 0.310 e. The lowest BCUT2D eigenvalue weighted by Gasteiger charge is -2.71. The number of rotatable bonds is 5. The summed E-state index contributed by atoms with van der Waals surface area (Å²) in [6.45, 7) is 18.6. The van der Waals surface area contributed by atoms with Crippen molar-refractivity contribution in [2.75, 3.05) is 6.61 Å². The van der Waals surface area contributed by atoms with E-state index in [9.17, 15) is 29.7 Å². The first-order valence-electron chi connectivity index (χ1n) is 18.5. The summed E-state index contributed by atoms with van der Waals surface area (Å²) in [6, 6.07) is 0. The van der Waals surface area contributed by atoms with Crippen LogP contribution in [0.4, 0.5) is 0 Å². The molecule has 0 aromatic heterocycles. The molecule has 0 spiro atoms. The zero-order chi connectivity index (χ0) is 36.1. The van der Waals surface area contributed by atoms with Gasteiger partial charge in [0.2, 0.25) is 0 Å². The maximum atomic E-state index is 13.0. The van der Waals surface area contributed by atoms with Gasteiger partial charge in [-0.15, -0.1) is 0 Å². The lowest BCUT2D eigenvalue weighted by atomic mass is 9.33. The maximum Gasteiger partial charge on any atom is 0.310 e. The van der Waals surface area contributed by atoms with Crippen LogP contribution < -0.4 is 0 Å². The van der Waals surface area contributed by atoms with Gasteiger partial charge in [-0.3, -0.25) is 14.4 Å². The third-order valence-electron chi connectivity index (χ3n) is 15.3. The average molecular weight is 689 g/mol. The van der Waals surface area contributed by atoms with Crippen LogP contribution in [0.15, 0.2) is 11.6 Å². The molecule has 5 fully saturated rings. The fourth-order valence-corrected chi connectivity index (χ4v) is 12.6. The number of aliphatic hydroxyl groups is 2. The predicted molar refractivity (Wildman–Crippen MR) is 180 cm³/mol. The first-order chi connectivity index (χ1) is 22.6. The van der Waals surface area contributed by atoms with Crippen molar-refractivity contribution in [1.29, 1.82) is 0 Å². The van der Waals surface area contributed by atoms with E-state index < -0.39 is 65.5 Å². The summed E-state index contributed by atoms with van der Waals surface area (Å²) in [5.74, 6) is -1.15. The van der Waals surface area contributed by atoms with E-state index in [-0.39, 0.29) is 46.0 Å². The summed E-state index contributed by atoms with van der Waals surface area (Å²) in [4.78, 5) is 37.2. The summed E-state index contributed by atoms with van der Waals surface area (Å²) >= 11 is 0. The number of esters is 2. The number of fused-ring (bicyclic) bond motifs is 7. The second-order valence-electron chi connectivity index (χ2n) is 18.7. The van der Waals surface area contributed by atoms with Crippen LogP contribution >= 0.6 is 0 Å². The minimum absolute atomic E-state index is 0.0305. The first kappa shape index (κ1) is 36.8. The number of carbonyl (C=O) groups is 3. The second kappa shape index (κ2) is 12.0. The zero-order valence-corrected chi connectivity index (χ0v) is 31.0. The number of carboxylic acids is 1. The van der Waals surface area contributed by atoms with Gasteiger partial charge in [0.15, 0.2) is 12.4 Å². The van der Waals surface area contributed by atoms with E-state index in [1.165, 1.54) is 19.4 Å². The minimum atomic E-state index is -1.47. The molecule has 0 bridgehead atoms. The molecule has 49 heavy (non-hydrogen) atoms. The Kier molecular flexibility index (Phi) is 9.02. The molecule has 6 rings (SSSR count). The van der Waals surface area contributed by atoms with Gasteiger partial charge in [0.05, 0.1) is 12.0 Å². The number of ether oxygens (including phenoxy) is 4. The topological polar surface area (TPSA) is 149 Å². The van der Waals surface area contributed by atoms with Gasteiger partial charge in [0, 0.05) is 13.8 Å². The Balaban J connectivity index is 1.33. The van der Waals surface area contributed by atoms with E-state index in [1.807, 2.05) is 0 Å². The largest absolute Gasteiger partial charge is 0.481 e. The van der Waals surface area contributed by atoms with Gasteiger partial charge in [-0.05, 0) is 103 Å². The average Bonchev–Trinajstić information content (AvgIpc) is 2.97. The molecule has 13 atom stereocenters. The van der Waals surface area contributed by atoms with E-state index in [4.69, 9.17) is 18.9 Å². The van der Waals surface area contributed by atoms with Crippen LogP contribution in [-0.4, -0.2) is 76.6 Å². The molecule has 1 aliphatic heterocycles. The number of aliphatic carboxylic acids is 1. The molecule has 0 aromatic rings. The number of hydrogen-bond acceptors (Lipinski definition) is 9. The van der Waals surface area contributed by atoms with Gasteiger partial charge in [-0.1, -0.05) is 60.1 Å². The fourth-order valence-electron chi connectivity index (χ4n) is 12.6. The van der Waals surface area contributed by atoms with Crippen LogP contribution in [0.2, 0.25) is 0 Å². The Morgan fingerprint density at radius 1 is 0.816 bits per heavy atom.